The molecule has 2 aromatic carbocycles. The van der Waals surface area contributed by atoms with E-state index in [0.29, 0.717) is 16.4 Å². The fourth-order valence-electron chi connectivity index (χ4n) is 2.68. The van der Waals surface area contributed by atoms with Crippen molar-refractivity contribution >= 4 is 32.6 Å². The van der Waals surface area contributed by atoms with E-state index in [1.807, 2.05) is 24.3 Å². The Balaban J connectivity index is 1.61. The summed E-state index contributed by atoms with van der Waals surface area (Å²) in [5, 5.41) is 0.476. The molecule has 0 fully saturated rings. The van der Waals surface area contributed by atoms with Gasteiger partial charge in [0.05, 0.1) is 23.0 Å². The lowest BCUT2D eigenvalue weighted by Gasteiger charge is -2.18. The van der Waals surface area contributed by atoms with Crippen molar-refractivity contribution in [2.75, 3.05) is 4.90 Å². The highest BCUT2D eigenvalue weighted by atomic mass is 32.1. The van der Waals surface area contributed by atoms with E-state index >= 15 is 0 Å². The van der Waals surface area contributed by atoms with Gasteiger partial charge in [0, 0.05) is 24.5 Å². The van der Waals surface area contributed by atoms with Gasteiger partial charge in [0.25, 0.3) is 5.91 Å². The maximum atomic E-state index is 13.5. The number of hydrogen-bond donors (Lipinski definition) is 0. The summed E-state index contributed by atoms with van der Waals surface area (Å²) in [6, 6.07) is 17.3. The second-order valence-electron chi connectivity index (χ2n) is 6.13. The van der Waals surface area contributed by atoms with Crippen LogP contribution >= 0.6 is 11.3 Å². The Kier molecular flexibility index (Phi) is 5.58. The topological polar surface area (TPSA) is 55.3 Å². The SMILES string of the molecule is O=C(C=COc1ccccc1)N(Cc1cccnc1)c1nc2cc(F)ccc2s1. The normalized spacial score (nSPS) is 11.1. The van der Waals surface area contributed by atoms with Gasteiger partial charge in [-0.3, -0.25) is 14.7 Å². The van der Waals surface area contributed by atoms with Crippen LogP contribution in [0.4, 0.5) is 9.52 Å². The number of rotatable bonds is 6. The van der Waals surface area contributed by atoms with E-state index in [4.69, 9.17) is 4.74 Å². The second-order valence-corrected chi connectivity index (χ2v) is 7.14. The van der Waals surface area contributed by atoms with Gasteiger partial charge in [-0.25, -0.2) is 9.37 Å². The van der Waals surface area contributed by atoms with Crippen molar-refractivity contribution in [2.45, 2.75) is 6.54 Å². The minimum Gasteiger partial charge on any atom is -0.465 e. The first-order valence-electron chi connectivity index (χ1n) is 8.84. The van der Waals surface area contributed by atoms with Crippen LogP contribution in [0.1, 0.15) is 5.56 Å². The van der Waals surface area contributed by atoms with E-state index in [9.17, 15) is 9.18 Å². The van der Waals surface area contributed by atoms with Crippen molar-refractivity contribution < 1.29 is 13.9 Å². The van der Waals surface area contributed by atoms with Gasteiger partial charge in [-0.2, -0.15) is 0 Å². The average Bonchev–Trinajstić information content (AvgIpc) is 3.16. The fourth-order valence-corrected chi connectivity index (χ4v) is 3.63. The Hall–Kier alpha value is -3.58. The number of halogens is 1. The van der Waals surface area contributed by atoms with Gasteiger partial charge in [-0.15, -0.1) is 0 Å². The number of ether oxygens (including phenoxy) is 1. The number of para-hydroxylation sites is 1. The molecule has 0 radical (unpaired) electrons. The van der Waals surface area contributed by atoms with E-state index in [1.165, 1.54) is 40.7 Å². The molecular weight excluding hydrogens is 389 g/mol. The molecule has 5 nitrogen and oxygen atoms in total. The van der Waals surface area contributed by atoms with Crippen molar-refractivity contribution in [3.05, 3.63) is 96.8 Å². The number of benzene rings is 2. The third-order valence-electron chi connectivity index (χ3n) is 4.06. The van der Waals surface area contributed by atoms with Gasteiger partial charge in [0.15, 0.2) is 5.13 Å². The maximum absolute atomic E-state index is 13.5. The predicted molar refractivity (Wildman–Crippen MR) is 111 cm³/mol. The largest absolute Gasteiger partial charge is 0.465 e. The Bertz CT molecular complexity index is 1150. The van der Waals surface area contributed by atoms with Crippen LogP contribution in [0.2, 0.25) is 0 Å². The lowest BCUT2D eigenvalue weighted by molar-refractivity contribution is -0.114. The molecule has 2 aromatic heterocycles. The summed E-state index contributed by atoms with van der Waals surface area (Å²) in [6.45, 7) is 0.282. The molecule has 0 bridgehead atoms. The molecule has 7 heteroatoms. The summed E-state index contributed by atoms with van der Waals surface area (Å²) in [5.41, 5.74) is 1.36. The number of nitrogens with zero attached hydrogens (tertiary/aromatic N) is 3. The zero-order chi connectivity index (χ0) is 20.1. The lowest BCUT2D eigenvalue weighted by Crippen LogP contribution is -2.28. The zero-order valence-electron chi connectivity index (χ0n) is 15.2. The molecule has 0 saturated carbocycles. The van der Waals surface area contributed by atoms with Gasteiger partial charge in [0.1, 0.15) is 11.6 Å². The molecule has 0 unspecified atom stereocenters. The van der Waals surface area contributed by atoms with Crippen LogP contribution in [0.25, 0.3) is 10.2 Å². The standard InChI is InChI=1S/C22H16FN3O2S/c23-17-8-9-20-19(13-17)25-22(29-20)26(15-16-5-4-11-24-14-16)21(27)10-12-28-18-6-2-1-3-7-18/h1-14H,15H2. The lowest BCUT2D eigenvalue weighted by atomic mass is 10.2. The summed E-state index contributed by atoms with van der Waals surface area (Å²) in [6.07, 6.45) is 6.05. The van der Waals surface area contributed by atoms with Crippen LogP contribution < -0.4 is 9.64 Å². The maximum Gasteiger partial charge on any atom is 0.256 e. The number of anilines is 1. The van der Waals surface area contributed by atoms with Gasteiger partial charge in [-0.05, 0) is 35.9 Å². The number of carbonyl (C=O) groups excluding carboxylic acids is 1. The Morgan fingerprint density at radius 3 is 2.79 bits per heavy atom. The van der Waals surface area contributed by atoms with Crippen LogP contribution in [0.15, 0.2) is 85.4 Å². The first kappa shape index (κ1) is 18.8. The highest BCUT2D eigenvalue weighted by Crippen LogP contribution is 2.30. The van der Waals surface area contributed by atoms with E-state index in [0.717, 1.165) is 10.3 Å². The minimum atomic E-state index is -0.365. The highest BCUT2D eigenvalue weighted by Gasteiger charge is 2.19. The van der Waals surface area contributed by atoms with E-state index in [-0.39, 0.29) is 18.3 Å². The third-order valence-corrected chi connectivity index (χ3v) is 5.12. The zero-order valence-corrected chi connectivity index (χ0v) is 16.1. The van der Waals surface area contributed by atoms with Gasteiger partial charge < -0.3 is 4.74 Å². The number of pyridine rings is 1. The molecule has 0 N–H and O–H groups in total. The quantitative estimate of drug-likeness (QED) is 0.336. The summed E-state index contributed by atoms with van der Waals surface area (Å²) in [5.74, 6) is -0.0363. The molecule has 0 spiro atoms. The summed E-state index contributed by atoms with van der Waals surface area (Å²) >= 11 is 1.32. The molecule has 0 saturated heterocycles. The minimum absolute atomic E-state index is 0.282. The average molecular weight is 405 g/mol. The fraction of sp³-hybridized carbons (Fsp3) is 0.0455. The number of amides is 1. The molecule has 0 atom stereocenters. The molecule has 29 heavy (non-hydrogen) atoms. The Morgan fingerprint density at radius 1 is 1.14 bits per heavy atom. The van der Waals surface area contributed by atoms with Crippen LogP contribution in [-0.2, 0) is 11.3 Å². The molecule has 0 aliphatic carbocycles. The summed E-state index contributed by atoms with van der Waals surface area (Å²) in [4.78, 5) is 23.0. The number of thiazole rings is 1. The van der Waals surface area contributed by atoms with Crippen LogP contribution in [-0.4, -0.2) is 15.9 Å². The number of aromatic nitrogens is 2. The van der Waals surface area contributed by atoms with Crippen molar-refractivity contribution in [3.63, 3.8) is 0 Å². The van der Waals surface area contributed by atoms with Crippen molar-refractivity contribution in [1.82, 2.24) is 9.97 Å². The molecule has 144 valence electrons. The predicted octanol–water partition coefficient (Wildman–Crippen LogP) is 4.96. The number of hydrogen-bond acceptors (Lipinski definition) is 5. The van der Waals surface area contributed by atoms with Gasteiger partial charge in [-0.1, -0.05) is 35.6 Å². The highest BCUT2D eigenvalue weighted by molar-refractivity contribution is 7.22. The first-order chi connectivity index (χ1) is 14.2. The number of carbonyl (C=O) groups is 1. The smallest absolute Gasteiger partial charge is 0.256 e. The van der Waals surface area contributed by atoms with Crippen LogP contribution in [0, 0.1) is 5.82 Å². The first-order valence-corrected chi connectivity index (χ1v) is 9.65. The molecule has 4 rings (SSSR count). The molecule has 1 amide bonds. The molecule has 0 aliphatic heterocycles. The summed E-state index contributed by atoms with van der Waals surface area (Å²) < 4.78 is 19.8. The van der Waals surface area contributed by atoms with Gasteiger partial charge >= 0.3 is 0 Å². The van der Waals surface area contributed by atoms with Crippen LogP contribution in [0.3, 0.4) is 0 Å². The second kappa shape index (κ2) is 8.62. The monoisotopic (exact) mass is 405 g/mol. The Labute approximate surface area is 170 Å². The summed E-state index contributed by atoms with van der Waals surface area (Å²) in [7, 11) is 0. The molecule has 4 aromatic rings. The van der Waals surface area contributed by atoms with Crippen molar-refractivity contribution in [2.24, 2.45) is 0 Å². The van der Waals surface area contributed by atoms with Crippen molar-refractivity contribution in [3.8, 4) is 5.75 Å². The van der Waals surface area contributed by atoms with E-state index in [1.54, 1.807) is 36.7 Å². The molecule has 0 aliphatic rings. The molecule has 2 heterocycles. The van der Waals surface area contributed by atoms with E-state index < -0.39 is 0 Å². The number of fused-ring (bicyclic) bond motifs is 1. The van der Waals surface area contributed by atoms with Crippen molar-refractivity contribution in [1.29, 1.82) is 0 Å². The third kappa shape index (κ3) is 4.64. The van der Waals surface area contributed by atoms with Gasteiger partial charge in [0.2, 0.25) is 0 Å². The van der Waals surface area contributed by atoms with E-state index in [2.05, 4.69) is 9.97 Å². The van der Waals surface area contributed by atoms with Crippen LogP contribution in [0.5, 0.6) is 5.75 Å². The Morgan fingerprint density at radius 2 is 2.00 bits per heavy atom. The molecular formula is C22H16FN3O2S.